The molecule has 0 aromatic carbocycles. The van der Waals surface area contributed by atoms with E-state index in [0.717, 1.165) is 19.0 Å². The zero-order chi connectivity index (χ0) is 17.3. The first kappa shape index (κ1) is 16.4. The largest absolute Gasteiger partial charge is 0.467 e. The lowest BCUT2D eigenvalue weighted by atomic mass is 9.99. The van der Waals surface area contributed by atoms with Crippen molar-refractivity contribution in [2.75, 3.05) is 6.54 Å². The summed E-state index contributed by atoms with van der Waals surface area (Å²) >= 11 is 0. The van der Waals surface area contributed by atoms with Crippen LogP contribution in [0.25, 0.3) is 0 Å². The molecule has 0 bridgehead atoms. The number of nitrogens with one attached hydrogen (secondary N) is 1. The van der Waals surface area contributed by atoms with Gasteiger partial charge in [-0.1, -0.05) is 0 Å². The number of amides is 1. The van der Waals surface area contributed by atoms with Crippen LogP contribution < -0.4 is 5.56 Å². The molecule has 0 spiro atoms. The Morgan fingerprint density at radius 3 is 2.79 bits per heavy atom. The number of aromatic nitrogens is 1. The molecule has 1 saturated heterocycles. The van der Waals surface area contributed by atoms with Crippen LogP contribution >= 0.6 is 0 Å². The van der Waals surface area contributed by atoms with Crippen molar-refractivity contribution in [1.82, 2.24) is 9.88 Å². The maximum absolute atomic E-state index is 12.9. The normalized spacial score (nSPS) is 18.6. The van der Waals surface area contributed by atoms with Gasteiger partial charge in [0.25, 0.3) is 11.5 Å². The number of pyridine rings is 1. The summed E-state index contributed by atoms with van der Waals surface area (Å²) in [5.41, 5.74) is -2.83. The molecule has 0 unspecified atom stereocenters. The molecular weight excluding hydrogens is 325 g/mol. The molecule has 1 amide bonds. The van der Waals surface area contributed by atoms with Crippen LogP contribution in [0, 0.1) is 0 Å². The number of rotatable bonds is 2. The summed E-state index contributed by atoms with van der Waals surface area (Å²) in [6.45, 7) is 0.421. The Morgan fingerprint density at radius 2 is 2.12 bits per heavy atom. The monoisotopic (exact) mass is 340 g/mol. The fourth-order valence-corrected chi connectivity index (χ4v) is 2.93. The average molecular weight is 340 g/mol. The highest BCUT2D eigenvalue weighted by molar-refractivity contribution is 5.94. The molecule has 0 aliphatic carbocycles. The van der Waals surface area contributed by atoms with Gasteiger partial charge in [0.15, 0.2) is 0 Å². The third-order valence-electron chi connectivity index (χ3n) is 4.09. The number of alkyl halides is 3. The first-order valence-electron chi connectivity index (χ1n) is 7.52. The molecule has 24 heavy (non-hydrogen) atoms. The van der Waals surface area contributed by atoms with E-state index in [9.17, 15) is 22.8 Å². The Labute approximate surface area is 135 Å². The molecule has 0 saturated carbocycles. The van der Waals surface area contributed by atoms with Crippen LogP contribution in [-0.4, -0.2) is 22.3 Å². The second kappa shape index (κ2) is 6.18. The van der Waals surface area contributed by atoms with E-state index in [1.54, 1.807) is 12.1 Å². The van der Waals surface area contributed by atoms with Gasteiger partial charge >= 0.3 is 6.18 Å². The zero-order valence-corrected chi connectivity index (χ0v) is 12.6. The first-order valence-corrected chi connectivity index (χ1v) is 7.52. The summed E-state index contributed by atoms with van der Waals surface area (Å²) in [6.07, 6.45) is 0.0377. The lowest BCUT2D eigenvalue weighted by molar-refractivity contribution is -0.138. The fraction of sp³-hybridized carbons (Fsp3) is 0.375. The molecule has 8 heteroatoms. The van der Waals surface area contributed by atoms with Gasteiger partial charge < -0.3 is 14.3 Å². The van der Waals surface area contributed by atoms with Crippen LogP contribution in [0.1, 0.15) is 47.0 Å². The number of piperidine rings is 1. The maximum atomic E-state index is 12.9. The predicted molar refractivity (Wildman–Crippen MR) is 78.4 cm³/mol. The van der Waals surface area contributed by atoms with Crippen molar-refractivity contribution in [2.24, 2.45) is 0 Å². The zero-order valence-electron chi connectivity index (χ0n) is 12.6. The summed E-state index contributed by atoms with van der Waals surface area (Å²) < 4.78 is 44.0. The summed E-state index contributed by atoms with van der Waals surface area (Å²) in [7, 11) is 0. The first-order chi connectivity index (χ1) is 11.4. The Bertz CT molecular complexity index is 781. The minimum absolute atomic E-state index is 0.194. The third-order valence-corrected chi connectivity index (χ3v) is 4.09. The highest BCUT2D eigenvalue weighted by Crippen LogP contribution is 2.33. The molecule has 3 heterocycles. The Hall–Kier alpha value is -2.51. The number of likely N-dealkylation sites (tertiary alicyclic amines) is 1. The Morgan fingerprint density at radius 1 is 1.33 bits per heavy atom. The molecule has 2 aromatic rings. The maximum Gasteiger partial charge on any atom is 0.421 e. The van der Waals surface area contributed by atoms with E-state index in [1.807, 2.05) is 4.98 Å². The van der Waals surface area contributed by atoms with Crippen LogP contribution in [0.5, 0.6) is 0 Å². The van der Waals surface area contributed by atoms with Crippen molar-refractivity contribution in [2.45, 2.75) is 31.5 Å². The highest BCUT2D eigenvalue weighted by atomic mass is 19.4. The van der Waals surface area contributed by atoms with E-state index >= 15 is 0 Å². The number of nitrogens with zero attached hydrogens (tertiary/aromatic N) is 1. The minimum atomic E-state index is -4.81. The highest BCUT2D eigenvalue weighted by Gasteiger charge is 2.36. The van der Waals surface area contributed by atoms with E-state index in [1.165, 1.54) is 11.2 Å². The van der Waals surface area contributed by atoms with Crippen LogP contribution in [0.4, 0.5) is 13.2 Å². The molecule has 1 atom stereocenters. The Kier molecular flexibility index (Phi) is 4.21. The average Bonchev–Trinajstić information content (AvgIpc) is 3.08. The molecule has 1 N–H and O–H groups in total. The molecule has 0 radical (unpaired) electrons. The molecule has 2 aromatic heterocycles. The second-order valence-electron chi connectivity index (χ2n) is 5.65. The number of hydrogen-bond acceptors (Lipinski definition) is 3. The van der Waals surface area contributed by atoms with Crippen molar-refractivity contribution in [3.8, 4) is 0 Å². The fourth-order valence-electron chi connectivity index (χ4n) is 2.93. The number of hydrogen-bond donors (Lipinski definition) is 1. The number of halogens is 3. The number of furan rings is 1. The van der Waals surface area contributed by atoms with Crippen molar-refractivity contribution in [3.63, 3.8) is 0 Å². The van der Waals surface area contributed by atoms with Gasteiger partial charge in [-0.25, -0.2) is 0 Å². The topological polar surface area (TPSA) is 66.3 Å². The van der Waals surface area contributed by atoms with Crippen LogP contribution in [-0.2, 0) is 6.18 Å². The molecule has 1 aliphatic rings. The summed E-state index contributed by atoms with van der Waals surface area (Å²) in [4.78, 5) is 27.5. The van der Waals surface area contributed by atoms with Crippen molar-refractivity contribution < 1.29 is 22.4 Å². The standard InChI is InChI=1S/C16H15F3N2O3/c17-16(18,19)11-8-10(9-20-14(11)22)15(23)21-6-2-1-4-12(21)13-5-3-7-24-13/h3,5,7-9,12H,1-2,4,6H2,(H,20,22)/t12-/m0/s1. The minimum Gasteiger partial charge on any atom is -0.467 e. The number of carbonyl (C=O) groups excluding carboxylic acids is 1. The summed E-state index contributed by atoms with van der Waals surface area (Å²) in [6, 6.07) is 3.73. The quantitative estimate of drug-likeness (QED) is 0.912. The van der Waals surface area contributed by atoms with E-state index in [-0.39, 0.29) is 11.6 Å². The summed E-state index contributed by atoms with van der Waals surface area (Å²) in [5, 5.41) is 0. The third kappa shape index (κ3) is 3.08. The van der Waals surface area contributed by atoms with Gasteiger partial charge in [0, 0.05) is 12.7 Å². The van der Waals surface area contributed by atoms with Gasteiger partial charge in [-0.2, -0.15) is 13.2 Å². The molecule has 1 aliphatic heterocycles. The van der Waals surface area contributed by atoms with E-state index in [0.29, 0.717) is 24.8 Å². The number of H-pyrrole nitrogens is 1. The van der Waals surface area contributed by atoms with Gasteiger partial charge in [-0.15, -0.1) is 0 Å². The molecule has 1 fully saturated rings. The van der Waals surface area contributed by atoms with Gasteiger partial charge in [0.1, 0.15) is 11.3 Å². The molecular formula is C16H15F3N2O3. The van der Waals surface area contributed by atoms with Crippen molar-refractivity contribution in [3.05, 3.63) is 57.9 Å². The Balaban J connectivity index is 1.94. The van der Waals surface area contributed by atoms with E-state index in [4.69, 9.17) is 4.42 Å². The van der Waals surface area contributed by atoms with Crippen molar-refractivity contribution >= 4 is 5.91 Å². The number of carbonyl (C=O) groups is 1. The van der Waals surface area contributed by atoms with Crippen LogP contribution in [0.15, 0.2) is 39.9 Å². The van der Waals surface area contributed by atoms with E-state index < -0.39 is 23.2 Å². The molecule has 5 nitrogen and oxygen atoms in total. The van der Waals surface area contributed by atoms with E-state index in [2.05, 4.69) is 0 Å². The van der Waals surface area contributed by atoms with Gasteiger partial charge in [-0.05, 0) is 37.5 Å². The van der Waals surface area contributed by atoms with Gasteiger partial charge in [0.2, 0.25) is 0 Å². The van der Waals surface area contributed by atoms with Gasteiger partial charge in [-0.3, -0.25) is 9.59 Å². The van der Waals surface area contributed by atoms with Crippen molar-refractivity contribution in [1.29, 1.82) is 0 Å². The predicted octanol–water partition coefficient (Wildman–Crippen LogP) is 3.35. The summed E-state index contributed by atoms with van der Waals surface area (Å²) in [5.74, 6) is 0.0429. The second-order valence-corrected chi connectivity index (χ2v) is 5.65. The SMILES string of the molecule is O=C(c1c[nH]c(=O)c(C(F)(F)F)c1)N1CCCC[C@H]1c1ccco1. The molecule has 128 valence electrons. The van der Waals surface area contributed by atoms with Crippen LogP contribution in [0.3, 0.4) is 0 Å². The lowest BCUT2D eigenvalue weighted by Crippen LogP contribution is -2.39. The molecule has 3 rings (SSSR count). The smallest absolute Gasteiger partial charge is 0.421 e. The van der Waals surface area contributed by atoms with Gasteiger partial charge in [0.05, 0.1) is 17.9 Å². The van der Waals surface area contributed by atoms with Crippen LogP contribution in [0.2, 0.25) is 0 Å². The number of aromatic amines is 1. The lowest BCUT2D eigenvalue weighted by Gasteiger charge is -2.34.